The summed E-state index contributed by atoms with van der Waals surface area (Å²) in [4.78, 5) is 44.5. The molecule has 8 heteroatoms. The molecule has 8 nitrogen and oxygen atoms in total. The van der Waals surface area contributed by atoms with Gasteiger partial charge in [-0.2, -0.15) is 0 Å². The molecule has 0 unspecified atom stereocenters. The molecule has 18 heavy (non-hydrogen) atoms. The van der Waals surface area contributed by atoms with Gasteiger partial charge in [0.15, 0.2) is 0 Å². The maximum absolute atomic E-state index is 11.8. The summed E-state index contributed by atoms with van der Waals surface area (Å²) in [5.41, 5.74) is -0.997. The van der Waals surface area contributed by atoms with Crippen molar-refractivity contribution < 1.29 is 24.4 Å². The van der Waals surface area contributed by atoms with Crippen molar-refractivity contribution in [1.82, 2.24) is 4.90 Å². The molecule has 1 aromatic rings. The number of rotatable bonds is 3. The van der Waals surface area contributed by atoms with Gasteiger partial charge in [0.1, 0.15) is 12.1 Å². The third kappa shape index (κ3) is 1.59. The highest BCUT2D eigenvalue weighted by atomic mass is 16.6. The number of benzene rings is 1. The van der Waals surface area contributed by atoms with Gasteiger partial charge in [-0.1, -0.05) is 6.07 Å². The highest BCUT2D eigenvalue weighted by Gasteiger charge is 2.41. The summed E-state index contributed by atoms with van der Waals surface area (Å²) < 4.78 is 0. The Morgan fingerprint density at radius 3 is 2.56 bits per heavy atom. The minimum Gasteiger partial charge on any atom is -0.480 e. The van der Waals surface area contributed by atoms with Crippen LogP contribution in [0.4, 0.5) is 5.69 Å². The minimum absolute atomic E-state index is 0.143. The number of hydrogen-bond donors (Lipinski definition) is 1. The third-order valence-corrected chi connectivity index (χ3v) is 2.47. The zero-order chi connectivity index (χ0) is 13.4. The van der Waals surface area contributed by atoms with Gasteiger partial charge >= 0.3 is 5.97 Å². The van der Waals surface area contributed by atoms with Gasteiger partial charge in [0.2, 0.25) is 0 Å². The van der Waals surface area contributed by atoms with Crippen LogP contribution in [-0.2, 0) is 4.79 Å². The van der Waals surface area contributed by atoms with Crippen LogP contribution in [0.25, 0.3) is 0 Å². The van der Waals surface area contributed by atoms with Crippen molar-refractivity contribution in [2.75, 3.05) is 6.54 Å². The second-order valence-electron chi connectivity index (χ2n) is 3.55. The Hall–Kier alpha value is -2.77. The number of nitro groups is 1. The first-order valence-electron chi connectivity index (χ1n) is 4.79. The van der Waals surface area contributed by atoms with Crippen molar-refractivity contribution in [3.63, 3.8) is 0 Å². The Labute approximate surface area is 99.6 Å². The molecule has 1 heterocycles. The Morgan fingerprint density at radius 2 is 2.00 bits per heavy atom. The number of imide groups is 1. The number of aliphatic carboxylic acids is 1. The van der Waals surface area contributed by atoms with Crippen molar-refractivity contribution in [3.8, 4) is 0 Å². The van der Waals surface area contributed by atoms with E-state index >= 15 is 0 Å². The molecular weight excluding hydrogens is 244 g/mol. The normalized spacial score (nSPS) is 13.7. The van der Waals surface area contributed by atoms with E-state index < -0.39 is 34.9 Å². The second kappa shape index (κ2) is 3.91. The van der Waals surface area contributed by atoms with Crippen LogP contribution in [0.1, 0.15) is 20.7 Å². The van der Waals surface area contributed by atoms with Crippen LogP contribution in [-0.4, -0.2) is 39.3 Å². The molecule has 1 aliphatic heterocycles. The van der Waals surface area contributed by atoms with Gasteiger partial charge in [-0.25, -0.2) is 0 Å². The van der Waals surface area contributed by atoms with Crippen LogP contribution in [0.5, 0.6) is 0 Å². The molecule has 1 aliphatic rings. The Kier molecular flexibility index (Phi) is 2.55. The van der Waals surface area contributed by atoms with Crippen molar-refractivity contribution in [2.24, 2.45) is 0 Å². The average molecular weight is 250 g/mol. The van der Waals surface area contributed by atoms with E-state index in [1.807, 2.05) is 0 Å². The minimum atomic E-state index is -1.37. The van der Waals surface area contributed by atoms with Crippen LogP contribution in [0.3, 0.4) is 0 Å². The third-order valence-electron chi connectivity index (χ3n) is 2.47. The number of carbonyl (C=O) groups excluding carboxylic acids is 2. The van der Waals surface area contributed by atoms with E-state index in [1.54, 1.807) is 0 Å². The topological polar surface area (TPSA) is 118 Å². The average Bonchev–Trinajstić information content (AvgIpc) is 2.54. The molecule has 0 saturated carbocycles. The van der Waals surface area contributed by atoms with Crippen LogP contribution in [0.2, 0.25) is 0 Å². The molecule has 2 amide bonds. The summed E-state index contributed by atoms with van der Waals surface area (Å²) in [6, 6.07) is 3.62. The van der Waals surface area contributed by atoms with Crippen molar-refractivity contribution >= 4 is 23.5 Å². The van der Waals surface area contributed by atoms with Gasteiger partial charge in [-0.05, 0) is 6.07 Å². The highest BCUT2D eigenvalue weighted by Crippen LogP contribution is 2.30. The summed E-state index contributed by atoms with van der Waals surface area (Å²) in [7, 11) is 0. The largest absolute Gasteiger partial charge is 0.480 e. The molecule has 1 aromatic carbocycles. The number of carboxylic acid groups (broad SMARTS) is 1. The van der Waals surface area contributed by atoms with E-state index in [1.165, 1.54) is 12.1 Å². The standard InChI is InChI=1S/C10H6N2O6/c13-7(14)4-11-9(15)5-2-1-3-6(12(17)18)8(5)10(11)16/h1-3H,4H2,(H,13,14). The van der Waals surface area contributed by atoms with Gasteiger partial charge in [0, 0.05) is 6.07 Å². The first-order valence-corrected chi connectivity index (χ1v) is 4.79. The lowest BCUT2D eigenvalue weighted by Crippen LogP contribution is -2.34. The second-order valence-corrected chi connectivity index (χ2v) is 3.55. The summed E-state index contributed by atoms with van der Waals surface area (Å²) in [5, 5.41) is 19.3. The summed E-state index contributed by atoms with van der Waals surface area (Å²) >= 11 is 0. The van der Waals surface area contributed by atoms with E-state index in [9.17, 15) is 24.5 Å². The predicted molar refractivity (Wildman–Crippen MR) is 56.1 cm³/mol. The maximum atomic E-state index is 11.8. The summed E-state index contributed by atoms with van der Waals surface area (Å²) in [6.07, 6.45) is 0. The quantitative estimate of drug-likeness (QED) is 0.467. The number of carboxylic acids is 1. The molecule has 0 spiro atoms. The zero-order valence-corrected chi connectivity index (χ0v) is 8.82. The number of amides is 2. The van der Waals surface area contributed by atoms with Crippen molar-refractivity contribution in [2.45, 2.75) is 0 Å². The molecule has 0 radical (unpaired) electrons. The van der Waals surface area contributed by atoms with Gasteiger partial charge < -0.3 is 5.11 Å². The number of nitro benzene ring substituents is 1. The predicted octanol–water partition coefficient (Wildman–Crippen LogP) is 0.275. The summed E-state index contributed by atoms with van der Waals surface area (Å²) in [5.74, 6) is -3.15. The van der Waals surface area contributed by atoms with E-state index in [0.29, 0.717) is 4.90 Å². The molecule has 2 rings (SSSR count). The van der Waals surface area contributed by atoms with Crippen LogP contribution >= 0.6 is 0 Å². The Bertz CT molecular complexity index is 594. The number of carbonyl (C=O) groups is 3. The molecule has 0 bridgehead atoms. The fourth-order valence-corrected chi connectivity index (χ4v) is 1.75. The molecule has 1 N–H and O–H groups in total. The van der Waals surface area contributed by atoms with E-state index in [-0.39, 0.29) is 11.1 Å². The maximum Gasteiger partial charge on any atom is 0.323 e. The van der Waals surface area contributed by atoms with Crippen LogP contribution < -0.4 is 0 Å². The Morgan fingerprint density at radius 1 is 1.33 bits per heavy atom. The van der Waals surface area contributed by atoms with E-state index in [0.717, 1.165) is 6.07 Å². The monoisotopic (exact) mass is 250 g/mol. The van der Waals surface area contributed by atoms with Crippen LogP contribution in [0, 0.1) is 10.1 Å². The molecule has 0 aliphatic carbocycles. The van der Waals surface area contributed by atoms with E-state index in [4.69, 9.17) is 5.11 Å². The molecule has 0 saturated heterocycles. The summed E-state index contributed by atoms with van der Waals surface area (Å²) in [6.45, 7) is -0.816. The molecular formula is C10H6N2O6. The molecule has 0 atom stereocenters. The molecule has 92 valence electrons. The lowest BCUT2D eigenvalue weighted by atomic mass is 10.1. The van der Waals surface area contributed by atoms with Gasteiger partial charge in [-0.15, -0.1) is 0 Å². The fraction of sp³-hybridized carbons (Fsp3) is 0.100. The zero-order valence-electron chi connectivity index (χ0n) is 8.82. The lowest BCUT2D eigenvalue weighted by molar-refractivity contribution is -0.385. The number of fused-ring (bicyclic) bond motifs is 1. The van der Waals surface area contributed by atoms with Crippen molar-refractivity contribution in [3.05, 3.63) is 39.4 Å². The van der Waals surface area contributed by atoms with E-state index in [2.05, 4.69) is 0 Å². The number of nitrogens with zero attached hydrogens (tertiary/aromatic N) is 2. The first kappa shape index (κ1) is 11.7. The smallest absolute Gasteiger partial charge is 0.323 e. The van der Waals surface area contributed by atoms with Crippen molar-refractivity contribution in [1.29, 1.82) is 0 Å². The number of hydrogen-bond acceptors (Lipinski definition) is 5. The van der Waals surface area contributed by atoms with Gasteiger partial charge in [-0.3, -0.25) is 29.4 Å². The SMILES string of the molecule is O=C(O)CN1C(=O)c2cccc([N+](=O)[O-])c2C1=O. The highest BCUT2D eigenvalue weighted by molar-refractivity contribution is 6.23. The molecule has 0 fully saturated rings. The molecule has 0 aromatic heterocycles. The first-order chi connectivity index (χ1) is 8.43. The fourth-order valence-electron chi connectivity index (χ4n) is 1.75. The Balaban J connectivity index is 2.55. The van der Waals surface area contributed by atoms with Crippen LogP contribution in [0.15, 0.2) is 18.2 Å². The van der Waals surface area contributed by atoms with Gasteiger partial charge in [0.25, 0.3) is 17.5 Å². The lowest BCUT2D eigenvalue weighted by Gasteiger charge is -2.09. The van der Waals surface area contributed by atoms with Gasteiger partial charge in [0.05, 0.1) is 10.5 Å².